The molecule has 0 saturated heterocycles. The quantitative estimate of drug-likeness (QED) is 0.621. The van der Waals surface area contributed by atoms with Gasteiger partial charge >= 0.3 is 0 Å². The molecule has 3 rings (SSSR count). The molecule has 4 nitrogen and oxygen atoms in total. The predicted octanol–water partition coefficient (Wildman–Crippen LogP) is 4.43. The molecular formula is C17H17ClN2O2. The van der Waals surface area contributed by atoms with Crippen LogP contribution in [0.3, 0.4) is 0 Å². The van der Waals surface area contributed by atoms with Crippen LogP contribution in [0.4, 0.5) is 11.4 Å². The zero-order chi connectivity index (χ0) is 15.9. The summed E-state index contributed by atoms with van der Waals surface area (Å²) in [6, 6.07) is 9.76. The lowest BCUT2D eigenvalue weighted by atomic mass is 10.0. The van der Waals surface area contributed by atoms with E-state index in [2.05, 4.69) is 11.0 Å². The highest BCUT2D eigenvalue weighted by atomic mass is 35.5. The van der Waals surface area contributed by atoms with E-state index in [4.69, 9.17) is 11.6 Å². The summed E-state index contributed by atoms with van der Waals surface area (Å²) >= 11 is 6.04. The van der Waals surface area contributed by atoms with E-state index in [1.165, 1.54) is 0 Å². The SMILES string of the molecule is Cc1cc2c(c(C)c1[N+](=O)[O-])CCN2Cc1cccc(Cl)c1. The molecule has 0 aliphatic carbocycles. The lowest BCUT2D eigenvalue weighted by molar-refractivity contribution is -0.386. The lowest BCUT2D eigenvalue weighted by Crippen LogP contribution is -2.19. The highest BCUT2D eigenvalue weighted by Gasteiger charge is 2.27. The number of halogens is 1. The molecule has 0 amide bonds. The van der Waals surface area contributed by atoms with Crippen LogP contribution in [-0.2, 0) is 13.0 Å². The molecule has 1 heterocycles. The van der Waals surface area contributed by atoms with Crippen molar-refractivity contribution >= 4 is 23.0 Å². The van der Waals surface area contributed by atoms with E-state index in [1.54, 1.807) is 6.92 Å². The smallest absolute Gasteiger partial charge is 0.275 e. The van der Waals surface area contributed by atoms with E-state index in [0.29, 0.717) is 0 Å². The van der Waals surface area contributed by atoms with Gasteiger partial charge in [-0.1, -0.05) is 23.7 Å². The van der Waals surface area contributed by atoms with Crippen LogP contribution in [0.1, 0.15) is 22.3 Å². The van der Waals surface area contributed by atoms with Gasteiger partial charge in [0.25, 0.3) is 5.69 Å². The average Bonchev–Trinajstić information content (AvgIpc) is 2.81. The van der Waals surface area contributed by atoms with Gasteiger partial charge in [-0.05, 0) is 49.6 Å². The maximum atomic E-state index is 11.2. The Bertz CT molecular complexity index is 759. The summed E-state index contributed by atoms with van der Waals surface area (Å²) < 4.78 is 0. The number of nitro benzene ring substituents is 1. The van der Waals surface area contributed by atoms with Crippen LogP contribution >= 0.6 is 11.6 Å². The second-order valence-electron chi connectivity index (χ2n) is 5.72. The number of rotatable bonds is 3. The van der Waals surface area contributed by atoms with Crippen molar-refractivity contribution in [2.24, 2.45) is 0 Å². The molecule has 0 bridgehead atoms. The van der Waals surface area contributed by atoms with Crippen molar-refractivity contribution in [3.63, 3.8) is 0 Å². The van der Waals surface area contributed by atoms with Crippen LogP contribution < -0.4 is 4.90 Å². The Kier molecular flexibility index (Phi) is 3.79. The Morgan fingerprint density at radius 3 is 2.77 bits per heavy atom. The Morgan fingerprint density at radius 1 is 1.32 bits per heavy atom. The molecule has 0 radical (unpaired) electrons. The number of aryl methyl sites for hydroxylation is 1. The third-order valence-corrected chi connectivity index (χ3v) is 4.50. The summed E-state index contributed by atoms with van der Waals surface area (Å²) in [6.07, 6.45) is 0.850. The maximum Gasteiger partial charge on any atom is 0.275 e. The first-order valence-corrected chi connectivity index (χ1v) is 7.62. The van der Waals surface area contributed by atoms with Gasteiger partial charge in [-0.15, -0.1) is 0 Å². The number of anilines is 1. The molecule has 0 atom stereocenters. The summed E-state index contributed by atoms with van der Waals surface area (Å²) in [4.78, 5) is 13.2. The molecule has 0 saturated carbocycles. The molecule has 0 fully saturated rings. The van der Waals surface area contributed by atoms with Crippen LogP contribution in [0.25, 0.3) is 0 Å². The van der Waals surface area contributed by atoms with Gasteiger partial charge in [0.2, 0.25) is 0 Å². The van der Waals surface area contributed by atoms with E-state index < -0.39 is 0 Å². The molecule has 114 valence electrons. The van der Waals surface area contributed by atoms with Crippen molar-refractivity contribution in [2.75, 3.05) is 11.4 Å². The molecule has 22 heavy (non-hydrogen) atoms. The number of benzene rings is 2. The van der Waals surface area contributed by atoms with Gasteiger partial charge in [0, 0.05) is 34.9 Å². The molecule has 0 unspecified atom stereocenters. The van der Waals surface area contributed by atoms with Crippen molar-refractivity contribution in [3.05, 3.63) is 67.7 Å². The highest BCUT2D eigenvalue weighted by Crippen LogP contribution is 2.38. The minimum absolute atomic E-state index is 0.253. The van der Waals surface area contributed by atoms with E-state index in [9.17, 15) is 10.1 Å². The summed E-state index contributed by atoms with van der Waals surface area (Å²) in [5.74, 6) is 0. The Morgan fingerprint density at radius 2 is 2.09 bits per heavy atom. The number of fused-ring (bicyclic) bond motifs is 1. The Balaban J connectivity index is 1.97. The first-order valence-electron chi connectivity index (χ1n) is 7.24. The number of hydrogen-bond donors (Lipinski definition) is 0. The van der Waals surface area contributed by atoms with Gasteiger partial charge in [-0.2, -0.15) is 0 Å². The average molecular weight is 317 g/mol. The second kappa shape index (κ2) is 5.61. The van der Waals surface area contributed by atoms with E-state index >= 15 is 0 Å². The number of nitro groups is 1. The maximum absolute atomic E-state index is 11.2. The fourth-order valence-electron chi connectivity index (χ4n) is 3.26. The third-order valence-electron chi connectivity index (χ3n) is 4.26. The summed E-state index contributed by atoms with van der Waals surface area (Å²) in [5, 5.41) is 12.0. The highest BCUT2D eigenvalue weighted by molar-refractivity contribution is 6.30. The second-order valence-corrected chi connectivity index (χ2v) is 6.16. The van der Waals surface area contributed by atoms with E-state index in [1.807, 2.05) is 31.2 Å². The van der Waals surface area contributed by atoms with Crippen molar-refractivity contribution in [2.45, 2.75) is 26.8 Å². The number of nitrogens with zero attached hydrogens (tertiary/aromatic N) is 2. The zero-order valence-electron chi connectivity index (χ0n) is 12.6. The fourth-order valence-corrected chi connectivity index (χ4v) is 3.47. The fraction of sp³-hybridized carbons (Fsp3) is 0.294. The first kappa shape index (κ1) is 14.9. The topological polar surface area (TPSA) is 46.4 Å². The Labute approximate surface area is 134 Å². The summed E-state index contributed by atoms with van der Waals surface area (Å²) in [7, 11) is 0. The van der Waals surface area contributed by atoms with Gasteiger partial charge in [0.05, 0.1) is 4.92 Å². The summed E-state index contributed by atoms with van der Waals surface area (Å²) in [6.45, 7) is 5.31. The molecule has 2 aromatic carbocycles. The normalized spacial score (nSPS) is 13.3. The minimum Gasteiger partial charge on any atom is -0.367 e. The predicted molar refractivity (Wildman–Crippen MR) is 88.8 cm³/mol. The third kappa shape index (κ3) is 2.55. The van der Waals surface area contributed by atoms with Gasteiger partial charge in [-0.25, -0.2) is 0 Å². The van der Waals surface area contributed by atoms with Crippen LogP contribution in [0.15, 0.2) is 30.3 Å². The summed E-state index contributed by atoms with van der Waals surface area (Å²) in [5.41, 5.74) is 5.13. The zero-order valence-corrected chi connectivity index (χ0v) is 13.4. The van der Waals surface area contributed by atoms with Crippen molar-refractivity contribution in [1.82, 2.24) is 0 Å². The van der Waals surface area contributed by atoms with Crippen LogP contribution in [0, 0.1) is 24.0 Å². The standard InChI is InChI=1S/C17H17ClN2O2/c1-11-8-16-15(12(2)17(11)20(21)22)6-7-19(16)10-13-4-3-5-14(18)9-13/h3-5,8-9H,6-7,10H2,1-2H3. The van der Waals surface area contributed by atoms with Crippen LogP contribution in [0.2, 0.25) is 5.02 Å². The van der Waals surface area contributed by atoms with E-state index in [0.717, 1.165) is 52.5 Å². The number of hydrogen-bond acceptors (Lipinski definition) is 3. The van der Waals surface area contributed by atoms with Crippen molar-refractivity contribution < 1.29 is 4.92 Å². The van der Waals surface area contributed by atoms with Gasteiger partial charge in [0.15, 0.2) is 0 Å². The van der Waals surface area contributed by atoms with Crippen LogP contribution in [-0.4, -0.2) is 11.5 Å². The van der Waals surface area contributed by atoms with Crippen molar-refractivity contribution in [1.29, 1.82) is 0 Å². The van der Waals surface area contributed by atoms with Gasteiger partial charge in [0.1, 0.15) is 0 Å². The lowest BCUT2D eigenvalue weighted by Gasteiger charge is -2.20. The molecule has 2 aromatic rings. The van der Waals surface area contributed by atoms with E-state index in [-0.39, 0.29) is 10.6 Å². The largest absolute Gasteiger partial charge is 0.367 e. The molecule has 0 aromatic heterocycles. The van der Waals surface area contributed by atoms with Crippen LogP contribution in [0.5, 0.6) is 0 Å². The molecule has 0 N–H and O–H groups in total. The molecule has 5 heteroatoms. The molecule has 1 aliphatic heterocycles. The first-order chi connectivity index (χ1) is 10.5. The molecule has 0 spiro atoms. The Hall–Kier alpha value is -2.07. The van der Waals surface area contributed by atoms with Crippen molar-refractivity contribution in [3.8, 4) is 0 Å². The minimum atomic E-state index is -0.273. The van der Waals surface area contributed by atoms with Gasteiger partial charge in [-0.3, -0.25) is 10.1 Å². The van der Waals surface area contributed by atoms with Gasteiger partial charge < -0.3 is 4.90 Å². The molecular weight excluding hydrogens is 300 g/mol. The monoisotopic (exact) mass is 316 g/mol. The molecule has 1 aliphatic rings.